The summed E-state index contributed by atoms with van der Waals surface area (Å²) in [6.07, 6.45) is 15.8. The van der Waals surface area contributed by atoms with Crippen LogP contribution in [0.25, 0.3) is 60.8 Å². The second kappa shape index (κ2) is 52.3. The number of allylic oxidation sites excluding steroid dienone is 10. The predicted molar refractivity (Wildman–Crippen MR) is 594 cm³/mol. The lowest BCUT2D eigenvalue weighted by molar-refractivity contribution is -0.138. The van der Waals surface area contributed by atoms with Crippen LogP contribution in [0.5, 0.6) is 92.0 Å². The Hall–Kier alpha value is -15.1. The van der Waals surface area contributed by atoms with Crippen LogP contribution in [0, 0.1) is 25.7 Å². The van der Waals surface area contributed by atoms with Crippen molar-refractivity contribution in [1.29, 1.82) is 0 Å². The number of aryl methyl sites for hydroxylation is 3. The van der Waals surface area contributed by atoms with Gasteiger partial charge in [-0.3, -0.25) is 9.59 Å². The third kappa shape index (κ3) is 29.5. The Kier molecular flexibility index (Phi) is 41.8. The molecule has 5 aliphatic rings. The van der Waals surface area contributed by atoms with E-state index in [1.54, 1.807) is 56.3 Å². The summed E-state index contributed by atoms with van der Waals surface area (Å²) in [7, 11) is 0. The molecule has 0 radical (unpaired) electrons. The van der Waals surface area contributed by atoms with Crippen molar-refractivity contribution in [2.45, 2.75) is 288 Å². The lowest BCUT2D eigenvalue weighted by Crippen LogP contribution is -2.17. The lowest BCUT2D eigenvalue weighted by atomic mass is 9.91. The second-order valence-corrected chi connectivity index (χ2v) is 39.6. The molecule has 5 aliphatic heterocycles. The van der Waals surface area contributed by atoms with Gasteiger partial charge in [0, 0.05) is 90.0 Å². The van der Waals surface area contributed by atoms with Gasteiger partial charge in [0.2, 0.25) is 17.2 Å². The quantitative estimate of drug-likeness (QED) is 0.0168. The van der Waals surface area contributed by atoms with E-state index in [1.807, 2.05) is 217 Å². The van der Waals surface area contributed by atoms with Gasteiger partial charge in [-0.05, 0) is 297 Å². The van der Waals surface area contributed by atoms with E-state index in [0.29, 0.717) is 96.7 Å². The molecule has 0 saturated heterocycles. The number of rotatable bonds is 21. The molecule has 6 N–H and O–H groups in total. The molecule has 790 valence electrons. The Balaban J connectivity index is 0.000000206. The fourth-order valence-corrected chi connectivity index (χ4v) is 17.2. The number of phenolic OH excluding ortho intramolecular Hbond substituents is 6. The van der Waals surface area contributed by atoms with Crippen LogP contribution < -0.4 is 64.2 Å². The average Bonchev–Trinajstić information content (AvgIpc) is 0.773. The molecule has 0 amide bonds. The van der Waals surface area contributed by atoms with E-state index in [2.05, 4.69) is 87.4 Å². The van der Waals surface area contributed by atoms with E-state index in [0.717, 1.165) is 150 Å². The molecule has 148 heavy (non-hydrogen) atoms. The standard InChI is InChI=1S/C18H22O3.C17H20O4.2C16H20O2.C15H18O3.2C14H16O3.C13H14O4.CH4/c1-10(2)16-15(21-18(19)11(3)4)8-7-14-12(5)9-13(6)20-17(14)16;1-9(2)15-11(5)13-7-6-12(20-16(18)10(3)4)8-14(13)21-17(15)19;1-5-6-13-9-12(4)18-16-10-14(17-11(2)3)7-8-15(13)16;1-5-6-12-9-11(4)18-16-13(12)7-8-14(17)15(16)10(2)3;1-4-5-12-11-7-6-10(16)8-13(11)18-15(17)14(12)9(2)3;1-8(2)16-12-6-5-11-9(3)7-10(4)17-14(11)13(12)15;1-8(2)16-14-12(15)6-5-11-9(3)7-10(4)17-13(11)14;1-6(2)10-7(3)8-4-5-9(14)11(15)12(8)17-13(10)16;/h7-11H,6H2,1-5H3;6-10H,1-5H3;7-11H,4-6H2,1-3H3;7-10,17H,4-6H2,1-3H3;6-9,16H,4-5H2,1-3H3;2*5-8,15H,4H2,1-3H3;4-6,14-15H,1-3H3;1H4. The molecule has 0 saturated carbocycles. The summed E-state index contributed by atoms with van der Waals surface area (Å²) >= 11 is 0. The van der Waals surface area contributed by atoms with E-state index in [4.69, 9.17) is 60.6 Å². The van der Waals surface area contributed by atoms with E-state index in [1.165, 1.54) is 23.3 Å². The van der Waals surface area contributed by atoms with E-state index >= 15 is 0 Å². The molecule has 3 aromatic heterocycles. The summed E-state index contributed by atoms with van der Waals surface area (Å²) in [4.78, 5) is 59.4. The number of carbonyl (C=O) groups is 2. The second-order valence-electron chi connectivity index (χ2n) is 39.6. The Labute approximate surface area is 871 Å². The Morgan fingerprint density at radius 3 is 1.28 bits per heavy atom. The van der Waals surface area contributed by atoms with Crippen LogP contribution in [-0.2, 0) is 16.0 Å². The fourth-order valence-electron chi connectivity index (χ4n) is 17.2. The molecule has 0 fully saturated rings. The van der Waals surface area contributed by atoms with Gasteiger partial charge in [0.25, 0.3) is 0 Å². The molecule has 0 aliphatic carbocycles. The lowest BCUT2D eigenvalue weighted by Gasteiger charge is -2.24. The molecule has 16 rings (SSSR count). The third-order valence-electron chi connectivity index (χ3n) is 23.9. The molecule has 24 heteroatoms. The van der Waals surface area contributed by atoms with E-state index in [9.17, 15) is 54.6 Å². The number of hydrogen-bond acceptors (Lipinski definition) is 24. The first-order valence-corrected chi connectivity index (χ1v) is 50.2. The summed E-state index contributed by atoms with van der Waals surface area (Å²) in [5.41, 5.74) is 17.2. The van der Waals surface area contributed by atoms with Crippen LogP contribution in [0.3, 0.4) is 0 Å². The zero-order valence-electron chi connectivity index (χ0n) is 90.4. The number of hydrogen-bond donors (Lipinski definition) is 6. The van der Waals surface area contributed by atoms with Crippen LogP contribution in [0.2, 0.25) is 0 Å². The van der Waals surface area contributed by atoms with Gasteiger partial charge in [0.05, 0.1) is 30.1 Å². The number of ether oxygens (including phenoxy) is 10. The predicted octanol–water partition coefficient (Wildman–Crippen LogP) is 31.5. The minimum atomic E-state index is -0.467. The topological polar surface area (TPSA) is 338 Å². The Morgan fingerprint density at radius 1 is 0.345 bits per heavy atom. The first kappa shape index (κ1) is 118. The van der Waals surface area contributed by atoms with Crippen LogP contribution in [0.1, 0.15) is 321 Å². The number of fused-ring (bicyclic) bond motifs is 8. The molecule has 0 unspecified atom stereocenters. The molecule has 0 atom stereocenters. The first-order chi connectivity index (χ1) is 69.2. The van der Waals surface area contributed by atoms with Crippen molar-refractivity contribution >= 4 is 72.7 Å². The van der Waals surface area contributed by atoms with Crippen molar-refractivity contribution in [3.8, 4) is 92.0 Å². The van der Waals surface area contributed by atoms with E-state index < -0.39 is 11.4 Å². The molecule has 8 heterocycles. The smallest absolute Gasteiger partial charge is 0.340 e. The van der Waals surface area contributed by atoms with Gasteiger partial charge in [-0.15, -0.1) is 0 Å². The highest BCUT2D eigenvalue weighted by Gasteiger charge is 2.31. The number of phenols is 6. The number of aromatic hydroxyl groups is 6. The Morgan fingerprint density at radius 2 is 0.750 bits per heavy atom. The van der Waals surface area contributed by atoms with Crippen molar-refractivity contribution in [1.82, 2.24) is 0 Å². The maximum Gasteiger partial charge on any atom is 0.340 e. The van der Waals surface area contributed by atoms with Crippen LogP contribution >= 0.6 is 0 Å². The van der Waals surface area contributed by atoms with Crippen molar-refractivity contribution in [2.75, 3.05) is 0 Å². The summed E-state index contributed by atoms with van der Waals surface area (Å²) < 4.78 is 71.6. The maximum absolute atomic E-state index is 12.1. The number of esters is 2. The molecular weight excluding hydrogens is 1870 g/mol. The third-order valence-corrected chi connectivity index (χ3v) is 23.9. The van der Waals surface area contributed by atoms with Crippen LogP contribution in [0.4, 0.5) is 0 Å². The monoisotopic (exact) mass is 2020 g/mol. The minimum Gasteiger partial charge on any atom is -0.508 e. The zero-order valence-corrected chi connectivity index (χ0v) is 90.4. The number of benzene rings is 8. The normalized spacial score (nSPS) is 12.9. The van der Waals surface area contributed by atoms with Gasteiger partial charge in [-0.25, -0.2) is 14.4 Å². The summed E-state index contributed by atoms with van der Waals surface area (Å²) in [6.45, 7) is 74.1. The minimum absolute atomic E-state index is 0. The number of carbonyl (C=O) groups excluding carboxylic acids is 2. The van der Waals surface area contributed by atoms with Gasteiger partial charge < -0.3 is 91.3 Å². The van der Waals surface area contributed by atoms with Crippen molar-refractivity contribution in [3.63, 3.8) is 0 Å². The summed E-state index contributed by atoms with van der Waals surface area (Å²) in [5.74, 6) is 8.60. The van der Waals surface area contributed by atoms with Gasteiger partial charge in [0.1, 0.15) is 86.0 Å². The van der Waals surface area contributed by atoms with Gasteiger partial charge in [0.15, 0.2) is 34.3 Å². The Bertz CT molecular complexity index is 7130. The zero-order chi connectivity index (χ0) is 109. The highest BCUT2D eigenvalue weighted by atomic mass is 16.6. The molecule has 0 spiro atoms. The summed E-state index contributed by atoms with van der Waals surface area (Å²) in [6, 6.07) is 33.7. The highest BCUT2D eigenvalue weighted by Crippen LogP contribution is 2.51. The van der Waals surface area contributed by atoms with Gasteiger partial charge in [-0.1, -0.05) is 177 Å². The maximum atomic E-state index is 12.1. The average molecular weight is 2020 g/mol. The molecule has 24 nitrogen and oxygen atoms in total. The molecule has 0 bridgehead atoms. The van der Waals surface area contributed by atoms with E-state index in [-0.39, 0.29) is 119 Å². The highest BCUT2D eigenvalue weighted by molar-refractivity contribution is 5.90. The van der Waals surface area contributed by atoms with Crippen molar-refractivity contribution < 1.29 is 101 Å². The SMILES string of the molecule is C.C=C1C=C(C)c2ccc(O)c(OC(C)C)c2O1.C=C1C=C(C)c2ccc(OC(=O)C(C)C)c(C(C)C)c2O1.C=C1C=C(C)c2ccc(OC(C)C)c(O)c2O1.C=C1C=C(CCC)c2ccc(O)c(C(C)C)c2O1.C=C1C=C(CCC)c2ccc(OC(C)C)cc2O1.CCCc1c(C(C)C)c(=O)oc2cc(O)ccc12.Cc1c(C(C)C)c(=O)oc2c(O)c(O)ccc12.Cc1c(C(C)C)c(=O)oc2cc(OC(=O)C(C)C)ccc12. The molecule has 11 aromatic rings. The molecular formula is C124H150O24. The van der Waals surface area contributed by atoms with Crippen LogP contribution in [0.15, 0.2) is 235 Å². The van der Waals surface area contributed by atoms with Crippen molar-refractivity contribution in [2.24, 2.45) is 11.8 Å². The fraction of sp³-hybridized carbons (Fsp3) is 0.363. The van der Waals surface area contributed by atoms with Gasteiger partial charge in [-0.2, -0.15) is 0 Å². The van der Waals surface area contributed by atoms with Gasteiger partial charge >= 0.3 is 28.8 Å². The summed E-state index contributed by atoms with van der Waals surface area (Å²) in [5, 5.41) is 60.9. The largest absolute Gasteiger partial charge is 0.508 e. The first-order valence-electron chi connectivity index (χ1n) is 50.2. The molecule has 8 aromatic carbocycles. The van der Waals surface area contributed by atoms with Crippen LogP contribution in [-0.4, -0.2) is 60.9 Å². The van der Waals surface area contributed by atoms with Crippen molar-refractivity contribution in [3.05, 3.63) is 311 Å².